The van der Waals surface area contributed by atoms with Crippen molar-refractivity contribution >= 4 is 11.6 Å². The molecule has 0 saturated heterocycles. The van der Waals surface area contributed by atoms with Crippen LogP contribution in [0.25, 0.3) is 5.82 Å². The zero-order valence-electron chi connectivity index (χ0n) is 10.5. The van der Waals surface area contributed by atoms with Crippen LogP contribution in [-0.4, -0.2) is 20.7 Å². The third kappa shape index (κ3) is 2.56. The van der Waals surface area contributed by atoms with Crippen molar-refractivity contribution in [2.24, 2.45) is 5.92 Å². The minimum Gasteiger partial charge on any atom is -0.323 e. The first-order chi connectivity index (χ1) is 8.72. The number of hydrogen-bond donors (Lipinski definition) is 1. The van der Waals surface area contributed by atoms with E-state index in [2.05, 4.69) is 15.4 Å². The second-order valence-electron chi connectivity index (χ2n) is 4.12. The molecule has 2 aromatic rings. The molecule has 0 spiro atoms. The molecule has 0 aliphatic rings. The Morgan fingerprint density at radius 1 is 1.44 bits per heavy atom. The van der Waals surface area contributed by atoms with Gasteiger partial charge in [0.25, 0.3) is 0 Å². The number of amides is 1. The number of carbonyl (C=O) groups is 1. The molecule has 0 bridgehead atoms. The van der Waals surface area contributed by atoms with Crippen LogP contribution in [0, 0.1) is 5.92 Å². The van der Waals surface area contributed by atoms with E-state index < -0.39 is 0 Å². The highest BCUT2D eigenvalue weighted by molar-refractivity contribution is 5.93. The predicted octanol–water partition coefficient (Wildman–Crippen LogP) is 2.25. The maximum atomic E-state index is 11.9. The van der Waals surface area contributed by atoms with Crippen LogP contribution in [0.4, 0.5) is 5.69 Å². The predicted molar refractivity (Wildman–Crippen MR) is 69.4 cm³/mol. The number of nitrogens with one attached hydrogen (secondary N) is 1. The fourth-order valence-electron chi connectivity index (χ4n) is 1.51. The van der Waals surface area contributed by atoms with Gasteiger partial charge in [-0.1, -0.05) is 13.8 Å². The zero-order valence-corrected chi connectivity index (χ0v) is 10.5. The number of hydrogen-bond acceptors (Lipinski definition) is 3. The van der Waals surface area contributed by atoms with E-state index in [1.54, 1.807) is 29.3 Å². The molecular weight excluding hydrogens is 228 g/mol. The summed E-state index contributed by atoms with van der Waals surface area (Å²) in [5, 5.41) is 7.01. The molecule has 18 heavy (non-hydrogen) atoms. The smallest absolute Gasteiger partial charge is 0.227 e. The summed E-state index contributed by atoms with van der Waals surface area (Å²) in [6.45, 7) is 3.89. The molecule has 94 valence electrons. The topological polar surface area (TPSA) is 59.8 Å². The zero-order chi connectivity index (χ0) is 13.0. The number of aromatic nitrogens is 3. The quantitative estimate of drug-likeness (QED) is 0.897. The number of anilines is 1. The molecule has 5 heteroatoms. The largest absolute Gasteiger partial charge is 0.323 e. The van der Waals surface area contributed by atoms with Crippen LogP contribution in [-0.2, 0) is 4.79 Å². The van der Waals surface area contributed by atoms with Gasteiger partial charge in [-0.2, -0.15) is 5.10 Å². The molecule has 0 aromatic carbocycles. The van der Waals surface area contributed by atoms with Crippen LogP contribution >= 0.6 is 0 Å². The van der Waals surface area contributed by atoms with Gasteiger partial charge in [-0.05, 0) is 24.6 Å². The van der Waals surface area contributed by atoms with Gasteiger partial charge in [0.1, 0.15) is 0 Å². The van der Waals surface area contributed by atoms with Crippen LogP contribution < -0.4 is 5.32 Å². The van der Waals surface area contributed by atoms with E-state index in [0.29, 0.717) is 11.5 Å². The molecule has 2 rings (SSSR count). The molecule has 2 heterocycles. The highest BCUT2D eigenvalue weighted by Crippen LogP contribution is 2.17. The van der Waals surface area contributed by atoms with Gasteiger partial charge in [0.05, 0.1) is 5.69 Å². The Kier molecular flexibility index (Phi) is 3.72. The molecule has 2 aromatic heterocycles. The van der Waals surface area contributed by atoms with Crippen molar-refractivity contribution in [2.75, 3.05) is 5.32 Å². The van der Waals surface area contributed by atoms with E-state index in [4.69, 9.17) is 0 Å². The van der Waals surface area contributed by atoms with E-state index in [1.807, 2.05) is 26.0 Å². The molecule has 1 N–H and O–H groups in total. The molecule has 1 atom stereocenters. The average Bonchev–Trinajstić information content (AvgIpc) is 2.92. The van der Waals surface area contributed by atoms with Crippen LogP contribution in [0.5, 0.6) is 0 Å². The van der Waals surface area contributed by atoms with Gasteiger partial charge >= 0.3 is 0 Å². The Hall–Kier alpha value is -2.17. The SMILES string of the molecule is CC[C@@H](C)C(=O)Nc1cccnc1-n1cccn1. The number of carbonyl (C=O) groups excluding carboxylic acids is 1. The molecule has 0 fully saturated rings. The fraction of sp³-hybridized carbons (Fsp3) is 0.308. The Morgan fingerprint density at radius 3 is 2.94 bits per heavy atom. The van der Waals surface area contributed by atoms with Crippen molar-refractivity contribution in [3.63, 3.8) is 0 Å². The lowest BCUT2D eigenvalue weighted by Gasteiger charge is -2.12. The molecule has 5 nitrogen and oxygen atoms in total. The summed E-state index contributed by atoms with van der Waals surface area (Å²) in [5.41, 5.74) is 0.673. The van der Waals surface area contributed by atoms with Gasteiger partial charge in [0, 0.05) is 24.5 Å². The molecule has 0 radical (unpaired) electrons. The Morgan fingerprint density at radius 2 is 2.28 bits per heavy atom. The van der Waals surface area contributed by atoms with E-state index >= 15 is 0 Å². The summed E-state index contributed by atoms with van der Waals surface area (Å²) in [4.78, 5) is 16.1. The lowest BCUT2D eigenvalue weighted by molar-refractivity contribution is -0.119. The van der Waals surface area contributed by atoms with Crippen LogP contribution in [0.1, 0.15) is 20.3 Å². The average molecular weight is 244 g/mol. The summed E-state index contributed by atoms with van der Waals surface area (Å²) in [6.07, 6.45) is 5.95. The standard InChI is InChI=1S/C13H16N4O/c1-3-10(2)13(18)16-11-6-4-7-14-12(11)17-9-5-8-15-17/h4-10H,3H2,1-2H3,(H,16,18)/t10-/m1/s1. The first kappa shape index (κ1) is 12.3. The normalized spacial score (nSPS) is 12.1. The van der Waals surface area contributed by atoms with Crippen LogP contribution in [0.2, 0.25) is 0 Å². The maximum Gasteiger partial charge on any atom is 0.227 e. The molecule has 0 aliphatic carbocycles. The highest BCUT2D eigenvalue weighted by atomic mass is 16.1. The number of nitrogens with zero attached hydrogens (tertiary/aromatic N) is 3. The Labute approximate surface area is 106 Å². The summed E-state index contributed by atoms with van der Waals surface area (Å²) in [6, 6.07) is 5.43. The van der Waals surface area contributed by atoms with Gasteiger partial charge in [-0.15, -0.1) is 0 Å². The molecule has 0 unspecified atom stereocenters. The summed E-state index contributed by atoms with van der Waals surface area (Å²) in [7, 11) is 0. The second kappa shape index (κ2) is 5.44. The summed E-state index contributed by atoms with van der Waals surface area (Å²) in [5.74, 6) is 0.605. The maximum absolute atomic E-state index is 11.9. The van der Waals surface area contributed by atoms with E-state index in [-0.39, 0.29) is 11.8 Å². The first-order valence-corrected chi connectivity index (χ1v) is 5.98. The molecular formula is C13H16N4O. The van der Waals surface area contributed by atoms with Crippen molar-refractivity contribution in [1.29, 1.82) is 0 Å². The van der Waals surface area contributed by atoms with Crippen molar-refractivity contribution in [3.05, 3.63) is 36.8 Å². The van der Waals surface area contributed by atoms with Gasteiger partial charge in [0.2, 0.25) is 5.91 Å². The Balaban J connectivity index is 2.26. The summed E-state index contributed by atoms with van der Waals surface area (Å²) >= 11 is 0. The minimum absolute atomic E-state index is 0.00101. The Bertz CT molecular complexity index is 522. The van der Waals surface area contributed by atoms with Gasteiger partial charge in [-0.25, -0.2) is 9.67 Å². The fourth-order valence-corrected chi connectivity index (χ4v) is 1.51. The van der Waals surface area contributed by atoms with Crippen molar-refractivity contribution in [3.8, 4) is 5.82 Å². The highest BCUT2D eigenvalue weighted by Gasteiger charge is 2.13. The molecule has 1 amide bonds. The van der Waals surface area contributed by atoms with Crippen molar-refractivity contribution < 1.29 is 4.79 Å². The van der Waals surface area contributed by atoms with Gasteiger partial charge < -0.3 is 5.32 Å². The van der Waals surface area contributed by atoms with Crippen molar-refractivity contribution in [2.45, 2.75) is 20.3 Å². The van der Waals surface area contributed by atoms with Gasteiger partial charge in [0.15, 0.2) is 5.82 Å². The van der Waals surface area contributed by atoms with Gasteiger partial charge in [-0.3, -0.25) is 4.79 Å². The molecule has 0 aliphatic heterocycles. The molecule has 0 saturated carbocycles. The minimum atomic E-state index is -0.0179. The van der Waals surface area contributed by atoms with Crippen LogP contribution in [0.15, 0.2) is 36.8 Å². The van der Waals surface area contributed by atoms with E-state index in [9.17, 15) is 4.79 Å². The number of pyridine rings is 1. The van der Waals surface area contributed by atoms with E-state index in [1.165, 1.54) is 0 Å². The summed E-state index contributed by atoms with van der Waals surface area (Å²) < 4.78 is 1.63. The lowest BCUT2D eigenvalue weighted by Crippen LogP contribution is -2.21. The number of rotatable bonds is 4. The first-order valence-electron chi connectivity index (χ1n) is 5.98. The lowest BCUT2D eigenvalue weighted by atomic mass is 10.1. The van der Waals surface area contributed by atoms with Crippen molar-refractivity contribution in [1.82, 2.24) is 14.8 Å². The monoisotopic (exact) mass is 244 g/mol. The third-order valence-corrected chi connectivity index (χ3v) is 2.83. The van der Waals surface area contributed by atoms with E-state index in [0.717, 1.165) is 6.42 Å². The van der Waals surface area contributed by atoms with Crippen LogP contribution in [0.3, 0.4) is 0 Å². The second-order valence-corrected chi connectivity index (χ2v) is 4.12. The third-order valence-electron chi connectivity index (χ3n) is 2.83.